The van der Waals surface area contributed by atoms with Gasteiger partial charge >= 0.3 is 5.97 Å². The Morgan fingerprint density at radius 3 is 2.40 bits per heavy atom. The van der Waals surface area contributed by atoms with E-state index in [2.05, 4.69) is 0 Å². The fourth-order valence-electron chi connectivity index (χ4n) is 1.96. The van der Waals surface area contributed by atoms with Crippen molar-refractivity contribution in [2.45, 2.75) is 45.1 Å². The fourth-order valence-corrected chi connectivity index (χ4v) is 2.50. The highest BCUT2D eigenvalue weighted by Gasteiger charge is 2.18. The molecule has 0 spiro atoms. The maximum Gasteiger partial charge on any atom is 0.338 e. The average Bonchev–Trinajstić information content (AvgIpc) is 2.26. The summed E-state index contributed by atoms with van der Waals surface area (Å²) in [6, 6.07) is 4.18. The minimum absolute atomic E-state index is 0.0911. The molecule has 1 aromatic carbocycles. The van der Waals surface area contributed by atoms with Crippen LogP contribution in [0, 0.1) is 12.8 Å². The minimum Gasteiger partial charge on any atom is -0.459 e. The number of hydrogen-bond acceptors (Lipinski definition) is 4. The van der Waals surface area contributed by atoms with Gasteiger partial charge in [0.05, 0.1) is 16.6 Å². The molecule has 0 aliphatic heterocycles. The molecule has 0 amide bonds. The summed E-state index contributed by atoms with van der Waals surface area (Å²) in [7, 11) is -3.83. The van der Waals surface area contributed by atoms with Crippen molar-refractivity contribution in [1.29, 1.82) is 0 Å². The van der Waals surface area contributed by atoms with Gasteiger partial charge in [-0.2, -0.15) is 0 Å². The van der Waals surface area contributed by atoms with Crippen molar-refractivity contribution in [3.63, 3.8) is 0 Å². The van der Waals surface area contributed by atoms with Gasteiger partial charge in [0, 0.05) is 0 Å². The van der Waals surface area contributed by atoms with E-state index in [0.717, 1.165) is 6.42 Å². The van der Waals surface area contributed by atoms with Crippen LogP contribution in [0.25, 0.3) is 0 Å². The molecule has 6 heteroatoms. The van der Waals surface area contributed by atoms with Gasteiger partial charge in [0.15, 0.2) is 0 Å². The number of primary sulfonamides is 1. The van der Waals surface area contributed by atoms with Gasteiger partial charge in [-0.25, -0.2) is 18.4 Å². The molecule has 0 radical (unpaired) electrons. The van der Waals surface area contributed by atoms with Crippen molar-refractivity contribution in [2.75, 3.05) is 0 Å². The normalized spacial score (nSPS) is 13.3. The summed E-state index contributed by atoms with van der Waals surface area (Å²) in [5.41, 5.74) is 0.881. The van der Waals surface area contributed by atoms with Crippen molar-refractivity contribution in [2.24, 2.45) is 11.1 Å². The Kier molecular flexibility index (Phi) is 5.30. The maximum absolute atomic E-state index is 12.1. The van der Waals surface area contributed by atoms with Gasteiger partial charge in [-0.05, 0) is 43.9 Å². The van der Waals surface area contributed by atoms with Gasteiger partial charge < -0.3 is 4.74 Å². The zero-order valence-corrected chi connectivity index (χ0v) is 13.0. The molecule has 1 rings (SSSR count). The number of nitrogens with two attached hydrogens (primary N) is 1. The zero-order chi connectivity index (χ0) is 15.5. The number of carbonyl (C=O) groups is 1. The minimum atomic E-state index is -3.83. The molecule has 0 saturated heterocycles. The average molecular weight is 299 g/mol. The second-order valence-electron chi connectivity index (χ2n) is 5.37. The summed E-state index contributed by atoms with van der Waals surface area (Å²) in [5, 5.41) is 5.06. The molecule has 1 atom stereocenters. The van der Waals surface area contributed by atoms with E-state index in [-0.39, 0.29) is 16.6 Å². The third kappa shape index (κ3) is 4.61. The van der Waals surface area contributed by atoms with Crippen molar-refractivity contribution in [3.8, 4) is 0 Å². The van der Waals surface area contributed by atoms with E-state index in [1.54, 1.807) is 13.0 Å². The van der Waals surface area contributed by atoms with Crippen molar-refractivity contribution in [1.82, 2.24) is 0 Å². The number of benzene rings is 1. The largest absolute Gasteiger partial charge is 0.459 e. The van der Waals surface area contributed by atoms with Gasteiger partial charge in [-0.15, -0.1) is 0 Å². The van der Waals surface area contributed by atoms with Gasteiger partial charge in [0.2, 0.25) is 10.0 Å². The van der Waals surface area contributed by atoms with E-state index in [1.807, 2.05) is 20.8 Å². The SMILES string of the molecule is Cc1ccc(S(N)(=O)=O)cc1C(=O)OC(C)CC(C)C. The lowest BCUT2D eigenvalue weighted by Gasteiger charge is -2.16. The summed E-state index contributed by atoms with van der Waals surface area (Å²) in [4.78, 5) is 12.0. The number of sulfonamides is 1. The predicted octanol–water partition coefficient (Wildman–Crippen LogP) is 2.23. The van der Waals surface area contributed by atoms with E-state index in [9.17, 15) is 13.2 Å². The molecule has 2 N–H and O–H groups in total. The molecule has 112 valence electrons. The molecule has 1 aromatic rings. The number of ether oxygens (including phenoxy) is 1. The Morgan fingerprint density at radius 1 is 1.30 bits per heavy atom. The summed E-state index contributed by atoms with van der Waals surface area (Å²) in [5.74, 6) is -0.115. The molecule has 0 heterocycles. The molecule has 0 fully saturated rings. The second kappa shape index (κ2) is 6.37. The lowest BCUT2D eigenvalue weighted by molar-refractivity contribution is 0.0298. The molecular formula is C14H21NO4S. The van der Waals surface area contributed by atoms with E-state index in [0.29, 0.717) is 11.5 Å². The fraction of sp³-hybridized carbons (Fsp3) is 0.500. The van der Waals surface area contributed by atoms with Crippen LogP contribution in [0.4, 0.5) is 0 Å². The van der Waals surface area contributed by atoms with Crippen LogP contribution in [0.2, 0.25) is 0 Å². The molecule has 1 unspecified atom stereocenters. The third-order valence-electron chi connectivity index (χ3n) is 2.87. The zero-order valence-electron chi connectivity index (χ0n) is 12.2. The number of hydrogen-bond donors (Lipinski definition) is 1. The van der Waals surface area contributed by atoms with Crippen molar-refractivity contribution < 1.29 is 17.9 Å². The number of carbonyl (C=O) groups excluding carboxylic acids is 1. The Labute approximate surface area is 120 Å². The summed E-state index contributed by atoms with van der Waals surface area (Å²) < 4.78 is 27.9. The molecule has 0 saturated carbocycles. The number of esters is 1. The molecular weight excluding hydrogens is 278 g/mol. The van der Waals surface area contributed by atoms with Crippen molar-refractivity contribution in [3.05, 3.63) is 29.3 Å². The highest BCUT2D eigenvalue weighted by Crippen LogP contribution is 2.17. The number of rotatable bonds is 5. The van der Waals surface area contributed by atoms with Gasteiger partial charge in [0.25, 0.3) is 0 Å². The van der Waals surface area contributed by atoms with Gasteiger partial charge in [-0.1, -0.05) is 19.9 Å². The monoisotopic (exact) mass is 299 g/mol. The Morgan fingerprint density at radius 2 is 1.90 bits per heavy atom. The van der Waals surface area contributed by atoms with Crippen LogP contribution < -0.4 is 5.14 Å². The standard InChI is InChI=1S/C14H21NO4S/c1-9(2)7-11(4)19-14(16)13-8-12(20(15,17)18)6-5-10(13)3/h5-6,8-9,11H,7H2,1-4H3,(H2,15,17,18). The van der Waals surface area contributed by atoms with E-state index in [4.69, 9.17) is 9.88 Å². The second-order valence-corrected chi connectivity index (χ2v) is 6.93. The van der Waals surface area contributed by atoms with E-state index < -0.39 is 16.0 Å². The van der Waals surface area contributed by atoms with Crippen LogP contribution >= 0.6 is 0 Å². The van der Waals surface area contributed by atoms with Crippen LogP contribution in [0.15, 0.2) is 23.1 Å². The Balaban J connectivity index is 2.98. The predicted molar refractivity (Wildman–Crippen MR) is 76.9 cm³/mol. The Bertz CT molecular complexity index is 593. The highest BCUT2D eigenvalue weighted by molar-refractivity contribution is 7.89. The lowest BCUT2D eigenvalue weighted by atomic mass is 10.1. The molecule has 0 aromatic heterocycles. The van der Waals surface area contributed by atoms with Crippen molar-refractivity contribution >= 4 is 16.0 Å². The first-order valence-electron chi connectivity index (χ1n) is 6.45. The molecule has 0 aliphatic rings. The van der Waals surface area contributed by atoms with Crippen LogP contribution in [0.3, 0.4) is 0 Å². The van der Waals surface area contributed by atoms with Crippen LogP contribution in [0.1, 0.15) is 43.1 Å². The first-order valence-corrected chi connectivity index (χ1v) is 8.00. The Hall–Kier alpha value is -1.40. The molecule has 5 nitrogen and oxygen atoms in total. The number of aryl methyl sites for hydroxylation is 1. The van der Waals surface area contributed by atoms with Gasteiger partial charge in [0.1, 0.15) is 0 Å². The topological polar surface area (TPSA) is 86.5 Å². The first-order chi connectivity index (χ1) is 9.11. The van der Waals surface area contributed by atoms with Crippen LogP contribution in [0.5, 0.6) is 0 Å². The van der Waals surface area contributed by atoms with Gasteiger partial charge in [-0.3, -0.25) is 0 Å². The lowest BCUT2D eigenvalue weighted by Crippen LogP contribution is -2.19. The van der Waals surface area contributed by atoms with E-state index in [1.165, 1.54) is 12.1 Å². The molecule has 20 heavy (non-hydrogen) atoms. The smallest absolute Gasteiger partial charge is 0.338 e. The summed E-state index contributed by atoms with van der Waals surface area (Å²) in [6.07, 6.45) is 0.527. The molecule has 0 bridgehead atoms. The maximum atomic E-state index is 12.1. The molecule has 0 aliphatic carbocycles. The van der Waals surface area contributed by atoms with E-state index >= 15 is 0 Å². The highest BCUT2D eigenvalue weighted by atomic mass is 32.2. The quantitative estimate of drug-likeness (QED) is 0.845. The summed E-state index contributed by atoms with van der Waals surface area (Å²) >= 11 is 0. The van der Waals surface area contributed by atoms with Crippen LogP contribution in [-0.2, 0) is 14.8 Å². The van der Waals surface area contributed by atoms with Crippen LogP contribution in [-0.4, -0.2) is 20.5 Å². The summed E-state index contributed by atoms with van der Waals surface area (Å²) in [6.45, 7) is 7.61. The first kappa shape index (κ1) is 16.7. The third-order valence-corrected chi connectivity index (χ3v) is 3.78.